The van der Waals surface area contributed by atoms with E-state index in [1.165, 1.54) is 12.1 Å². The van der Waals surface area contributed by atoms with Gasteiger partial charge in [0, 0.05) is 47.2 Å². The van der Waals surface area contributed by atoms with Gasteiger partial charge in [-0.1, -0.05) is 6.92 Å². The highest BCUT2D eigenvalue weighted by molar-refractivity contribution is 5.63. The fourth-order valence-corrected chi connectivity index (χ4v) is 4.05. The Morgan fingerprint density at radius 1 is 1.28 bits per heavy atom. The average molecular weight is 399 g/mol. The number of ether oxygens (including phenoxy) is 1. The van der Waals surface area contributed by atoms with E-state index in [1.54, 1.807) is 12.3 Å². The zero-order valence-corrected chi connectivity index (χ0v) is 17.3. The number of aromatic nitrogens is 1. The van der Waals surface area contributed by atoms with Gasteiger partial charge >= 0.3 is 0 Å². The summed E-state index contributed by atoms with van der Waals surface area (Å²) < 4.78 is 35.6. The number of benzene rings is 1. The first kappa shape index (κ1) is 19.8. The second kappa shape index (κ2) is 7.41. The fourth-order valence-electron chi connectivity index (χ4n) is 4.05. The van der Waals surface area contributed by atoms with Crippen LogP contribution in [0.4, 0.5) is 8.78 Å². The van der Waals surface area contributed by atoms with Crippen LogP contribution in [-0.2, 0) is 16.9 Å². The normalized spacial score (nSPS) is 20.8. The van der Waals surface area contributed by atoms with Crippen molar-refractivity contribution in [2.24, 2.45) is 0 Å². The van der Waals surface area contributed by atoms with Crippen molar-refractivity contribution in [2.75, 3.05) is 0 Å². The molecule has 2 atom stereocenters. The molecule has 2 aliphatic heterocycles. The van der Waals surface area contributed by atoms with Gasteiger partial charge in [0.1, 0.15) is 11.6 Å². The summed E-state index contributed by atoms with van der Waals surface area (Å²) in [5, 5.41) is 6.58. The van der Waals surface area contributed by atoms with E-state index in [1.807, 2.05) is 27.0 Å². The molecule has 1 aromatic carbocycles. The van der Waals surface area contributed by atoms with Crippen molar-refractivity contribution < 1.29 is 13.5 Å². The number of hydrogen-bond acceptors (Lipinski definition) is 4. The lowest BCUT2D eigenvalue weighted by atomic mass is 9.95. The molecule has 2 aliphatic rings. The minimum Gasteiger partial charge on any atom is -0.386 e. The summed E-state index contributed by atoms with van der Waals surface area (Å²) in [6.07, 6.45) is 5.49. The highest BCUT2D eigenvalue weighted by Gasteiger charge is 2.32. The molecule has 2 unspecified atom stereocenters. The molecule has 6 heteroatoms. The smallest absolute Gasteiger partial charge is 0.133 e. The van der Waals surface area contributed by atoms with Gasteiger partial charge in [-0.25, -0.2) is 8.78 Å². The van der Waals surface area contributed by atoms with Crippen LogP contribution in [0.15, 0.2) is 36.3 Å². The zero-order valence-electron chi connectivity index (χ0n) is 17.3. The summed E-state index contributed by atoms with van der Waals surface area (Å²) in [5.41, 5.74) is 3.38. The molecule has 0 fully saturated rings. The first-order chi connectivity index (χ1) is 13.8. The Labute approximate surface area is 170 Å². The molecule has 0 radical (unpaired) electrons. The first-order valence-corrected chi connectivity index (χ1v) is 10.1. The molecule has 4 rings (SSSR count). The van der Waals surface area contributed by atoms with Crippen LogP contribution in [0.1, 0.15) is 63.3 Å². The third kappa shape index (κ3) is 3.73. The summed E-state index contributed by atoms with van der Waals surface area (Å²) in [6.45, 7) is 8.37. The molecule has 0 aliphatic carbocycles. The average Bonchev–Trinajstić information content (AvgIpc) is 3.27. The maximum absolute atomic E-state index is 15.0. The van der Waals surface area contributed by atoms with Gasteiger partial charge in [-0.3, -0.25) is 4.98 Å². The van der Waals surface area contributed by atoms with Crippen molar-refractivity contribution in [3.8, 4) is 11.3 Å². The zero-order chi connectivity index (χ0) is 20.8. The molecule has 154 valence electrons. The molecule has 3 heterocycles. The van der Waals surface area contributed by atoms with Crippen LogP contribution in [0.2, 0.25) is 0 Å². The number of nitrogens with one attached hydrogen (secondary N) is 2. The summed E-state index contributed by atoms with van der Waals surface area (Å²) in [4.78, 5) is 4.34. The van der Waals surface area contributed by atoms with Gasteiger partial charge in [0.2, 0.25) is 0 Å². The van der Waals surface area contributed by atoms with Crippen LogP contribution >= 0.6 is 0 Å². The van der Waals surface area contributed by atoms with E-state index in [9.17, 15) is 8.78 Å². The van der Waals surface area contributed by atoms with Crippen molar-refractivity contribution in [3.05, 3.63) is 64.6 Å². The van der Waals surface area contributed by atoms with E-state index >= 15 is 0 Å². The molecule has 2 aromatic rings. The molecule has 4 nitrogen and oxygen atoms in total. The van der Waals surface area contributed by atoms with E-state index in [0.717, 1.165) is 29.7 Å². The molecular formula is C23H27F2N3O. The topological polar surface area (TPSA) is 46.2 Å². The second-order valence-electron chi connectivity index (χ2n) is 8.39. The minimum absolute atomic E-state index is 0.164. The number of halogens is 2. The number of pyridine rings is 1. The lowest BCUT2D eigenvalue weighted by Crippen LogP contribution is -2.20. The molecule has 0 spiro atoms. The maximum atomic E-state index is 15.0. The van der Waals surface area contributed by atoms with E-state index in [-0.39, 0.29) is 11.6 Å². The Balaban J connectivity index is 1.60. The van der Waals surface area contributed by atoms with Gasteiger partial charge in [-0.15, -0.1) is 0 Å². The molecule has 0 saturated carbocycles. The van der Waals surface area contributed by atoms with Crippen LogP contribution in [0.5, 0.6) is 0 Å². The van der Waals surface area contributed by atoms with E-state index < -0.39 is 17.2 Å². The van der Waals surface area contributed by atoms with Gasteiger partial charge in [-0.05, 0) is 51.0 Å². The molecule has 0 amide bonds. The Morgan fingerprint density at radius 2 is 2.07 bits per heavy atom. The number of nitrogens with zero attached hydrogens (tertiary/aromatic N) is 1. The minimum atomic E-state index is -0.482. The number of fused-ring (bicyclic) bond motifs is 1. The molecule has 29 heavy (non-hydrogen) atoms. The van der Waals surface area contributed by atoms with Crippen LogP contribution in [0.25, 0.3) is 11.3 Å². The van der Waals surface area contributed by atoms with E-state index in [0.29, 0.717) is 23.9 Å². The number of hydrogen-bond donors (Lipinski definition) is 2. The standard InChI is InChI=1S/C23H27F2N3O/c1-5-15-6-16(11-26-15)28-13(2)17-7-21(25)18(8-20(17)24)22-9-19-14(10-27-22)12-29-23(19,3)4/h7-11,13,15,26,28H,5-6,12H2,1-4H3. The van der Waals surface area contributed by atoms with Crippen molar-refractivity contribution in [1.29, 1.82) is 0 Å². The molecule has 0 saturated heterocycles. The fraction of sp³-hybridized carbons (Fsp3) is 0.435. The van der Waals surface area contributed by atoms with E-state index in [2.05, 4.69) is 22.5 Å². The Kier molecular flexibility index (Phi) is 5.07. The predicted octanol–water partition coefficient (Wildman–Crippen LogP) is 5.06. The Hall–Kier alpha value is -2.47. The van der Waals surface area contributed by atoms with Gasteiger partial charge in [-0.2, -0.15) is 0 Å². The SMILES string of the molecule is CCC1CC(NC(C)c2cc(F)c(-c3cc4c(cn3)COC4(C)C)cc2F)=CN1. The second-order valence-corrected chi connectivity index (χ2v) is 8.39. The third-order valence-electron chi connectivity index (χ3n) is 5.91. The quantitative estimate of drug-likeness (QED) is 0.738. The van der Waals surface area contributed by atoms with Gasteiger partial charge in [0.05, 0.1) is 23.9 Å². The van der Waals surface area contributed by atoms with Crippen molar-refractivity contribution >= 4 is 0 Å². The summed E-state index contributed by atoms with van der Waals surface area (Å²) >= 11 is 0. The molecule has 0 bridgehead atoms. The first-order valence-electron chi connectivity index (χ1n) is 10.1. The largest absolute Gasteiger partial charge is 0.386 e. The molecule has 1 aromatic heterocycles. The van der Waals surface area contributed by atoms with Gasteiger partial charge < -0.3 is 15.4 Å². The summed E-state index contributed by atoms with van der Waals surface area (Å²) in [5.74, 6) is -0.929. The summed E-state index contributed by atoms with van der Waals surface area (Å²) in [7, 11) is 0. The van der Waals surface area contributed by atoms with Crippen LogP contribution < -0.4 is 10.6 Å². The van der Waals surface area contributed by atoms with Crippen molar-refractivity contribution in [2.45, 2.75) is 64.8 Å². The summed E-state index contributed by atoms with van der Waals surface area (Å²) in [6, 6.07) is 4.38. The van der Waals surface area contributed by atoms with Crippen molar-refractivity contribution in [3.63, 3.8) is 0 Å². The third-order valence-corrected chi connectivity index (χ3v) is 5.91. The van der Waals surface area contributed by atoms with Gasteiger partial charge in [0.25, 0.3) is 0 Å². The molecule has 2 N–H and O–H groups in total. The number of rotatable bonds is 5. The lowest BCUT2D eigenvalue weighted by Gasteiger charge is -2.20. The van der Waals surface area contributed by atoms with Crippen LogP contribution in [0.3, 0.4) is 0 Å². The highest BCUT2D eigenvalue weighted by atomic mass is 19.1. The predicted molar refractivity (Wildman–Crippen MR) is 109 cm³/mol. The highest BCUT2D eigenvalue weighted by Crippen LogP contribution is 2.38. The molecular weight excluding hydrogens is 372 g/mol. The Bertz CT molecular complexity index is 971. The monoisotopic (exact) mass is 399 g/mol. The van der Waals surface area contributed by atoms with Crippen LogP contribution in [-0.4, -0.2) is 11.0 Å². The van der Waals surface area contributed by atoms with E-state index in [4.69, 9.17) is 4.74 Å². The maximum Gasteiger partial charge on any atom is 0.133 e. The van der Waals surface area contributed by atoms with Crippen molar-refractivity contribution in [1.82, 2.24) is 15.6 Å². The lowest BCUT2D eigenvalue weighted by molar-refractivity contribution is -0.00788. The van der Waals surface area contributed by atoms with Gasteiger partial charge in [0.15, 0.2) is 0 Å². The Morgan fingerprint density at radius 3 is 2.79 bits per heavy atom. The van der Waals surface area contributed by atoms with Crippen LogP contribution in [0, 0.1) is 11.6 Å².